The van der Waals surface area contributed by atoms with Crippen molar-refractivity contribution in [1.82, 2.24) is 4.90 Å². The van der Waals surface area contributed by atoms with E-state index < -0.39 is 0 Å². The Hall–Kier alpha value is -0.341. The molecule has 0 unspecified atom stereocenters. The summed E-state index contributed by atoms with van der Waals surface area (Å²) < 4.78 is 5.01. The monoisotopic (exact) mass is 253 g/mol. The van der Waals surface area contributed by atoms with Crippen molar-refractivity contribution in [1.29, 1.82) is 0 Å². The number of rotatable bonds is 5. The summed E-state index contributed by atoms with van der Waals surface area (Å²) in [7, 11) is 9.11. The Morgan fingerprint density at radius 3 is 2.60 bits per heavy atom. The molecule has 0 saturated carbocycles. The van der Waals surface area contributed by atoms with Gasteiger partial charge in [-0.3, -0.25) is 0 Å². The molecule has 2 nitrogen and oxygen atoms in total. The summed E-state index contributed by atoms with van der Waals surface area (Å²) in [6, 6.07) is 9.42. The van der Waals surface area contributed by atoms with E-state index in [1.807, 2.05) is 12.1 Å². The van der Waals surface area contributed by atoms with E-state index in [9.17, 15) is 0 Å². The first kappa shape index (κ1) is 14.7. The quantitative estimate of drug-likeness (QED) is 0.588. The first-order chi connectivity index (χ1) is 6.72. The normalized spacial score (nSPS) is 10.1. The van der Waals surface area contributed by atoms with Gasteiger partial charge in [0.05, 0.1) is 0 Å². The van der Waals surface area contributed by atoms with Gasteiger partial charge in [-0.2, -0.15) is 35.4 Å². The van der Waals surface area contributed by atoms with Gasteiger partial charge in [-0.1, -0.05) is 6.54 Å². The van der Waals surface area contributed by atoms with E-state index in [1.165, 1.54) is 5.56 Å². The van der Waals surface area contributed by atoms with Crippen molar-refractivity contribution in [3.63, 3.8) is 0 Å². The summed E-state index contributed by atoms with van der Waals surface area (Å²) in [5.74, 6) is 0. The zero-order valence-corrected chi connectivity index (χ0v) is 9.87. The van der Waals surface area contributed by atoms with Crippen molar-refractivity contribution in [2.45, 2.75) is 13.0 Å². The predicted octanol–water partition coefficient (Wildman–Crippen LogP) is 2.06. The van der Waals surface area contributed by atoms with Crippen LogP contribution in [0.25, 0.3) is 0 Å². The molecule has 15 heavy (non-hydrogen) atoms. The maximum absolute atomic E-state index is 5.01. The smallest absolute Gasteiger partial charge is 0.609 e. The SMILES string of the molecule is [CH2-]N([CH2-])Cc1[c-]c(CCOC)ccc1.[Cu+2]. The topological polar surface area (TPSA) is 12.5 Å². The number of benzene rings is 1. The van der Waals surface area contributed by atoms with Gasteiger partial charge in [0.1, 0.15) is 0 Å². The molecule has 3 heteroatoms. The van der Waals surface area contributed by atoms with Gasteiger partial charge in [0.15, 0.2) is 0 Å². The van der Waals surface area contributed by atoms with Crippen LogP contribution in [-0.2, 0) is 34.8 Å². The Kier molecular flexibility index (Phi) is 7.71. The van der Waals surface area contributed by atoms with Gasteiger partial charge in [0, 0.05) is 13.7 Å². The molecule has 1 radical (unpaired) electrons. The van der Waals surface area contributed by atoms with Gasteiger partial charge in [0.2, 0.25) is 0 Å². The molecule has 0 aromatic heterocycles. The molecule has 0 aliphatic heterocycles. The second-order valence-corrected chi connectivity index (χ2v) is 3.27. The second kappa shape index (κ2) is 7.89. The molecule has 1 aromatic rings. The zero-order valence-electron chi connectivity index (χ0n) is 8.92. The molecule has 0 N–H and O–H groups in total. The fourth-order valence-corrected chi connectivity index (χ4v) is 1.26. The van der Waals surface area contributed by atoms with Crippen LogP contribution in [0.1, 0.15) is 11.1 Å². The summed E-state index contributed by atoms with van der Waals surface area (Å²) in [4.78, 5) is 1.64. The number of hydrogen-bond acceptors (Lipinski definition) is 2. The molecule has 87 valence electrons. The third-order valence-electron chi connectivity index (χ3n) is 1.89. The van der Waals surface area contributed by atoms with Gasteiger partial charge >= 0.3 is 17.1 Å². The predicted molar refractivity (Wildman–Crippen MR) is 57.1 cm³/mol. The van der Waals surface area contributed by atoms with Crippen molar-refractivity contribution < 1.29 is 21.8 Å². The number of nitrogens with zero attached hydrogens (tertiary/aromatic N) is 1. The Bertz CT molecular complexity index is 276. The largest absolute Gasteiger partial charge is 2.00 e. The number of hydrogen-bond donors (Lipinski definition) is 0. The van der Waals surface area contributed by atoms with Crippen molar-refractivity contribution in [3.05, 3.63) is 49.5 Å². The summed E-state index contributed by atoms with van der Waals surface area (Å²) >= 11 is 0. The minimum Gasteiger partial charge on any atom is -0.609 e. The van der Waals surface area contributed by atoms with E-state index in [0.717, 1.165) is 25.1 Å². The molecule has 0 spiro atoms. The van der Waals surface area contributed by atoms with Gasteiger partial charge < -0.3 is 23.7 Å². The molecule has 1 aromatic carbocycles. The van der Waals surface area contributed by atoms with Gasteiger partial charge in [-0.05, 0) is 6.42 Å². The van der Waals surface area contributed by atoms with E-state index in [0.29, 0.717) is 0 Å². The minimum atomic E-state index is 0. The standard InChI is InChI=1S/C12H16NO.Cu/c1-13(2)10-12-6-4-5-11(9-12)7-8-14-3;/h4-6H,1-2,7-8,10H2,3H3;/q-3;+2. The van der Waals surface area contributed by atoms with Crippen molar-refractivity contribution in [3.8, 4) is 0 Å². The maximum atomic E-state index is 5.01. The first-order valence-electron chi connectivity index (χ1n) is 4.60. The van der Waals surface area contributed by atoms with E-state index in [2.05, 4.69) is 26.2 Å². The van der Waals surface area contributed by atoms with Gasteiger partial charge in [0.25, 0.3) is 0 Å². The van der Waals surface area contributed by atoms with Crippen LogP contribution in [0.4, 0.5) is 0 Å². The molecule has 0 heterocycles. The average molecular weight is 254 g/mol. The van der Waals surface area contributed by atoms with E-state index in [-0.39, 0.29) is 17.1 Å². The van der Waals surface area contributed by atoms with Crippen LogP contribution < -0.4 is 0 Å². The van der Waals surface area contributed by atoms with Crippen LogP contribution in [-0.4, -0.2) is 18.6 Å². The third-order valence-corrected chi connectivity index (χ3v) is 1.89. The molecule has 0 aliphatic carbocycles. The Morgan fingerprint density at radius 2 is 2.00 bits per heavy atom. The molecule has 1 rings (SSSR count). The van der Waals surface area contributed by atoms with Crippen LogP contribution in [0.3, 0.4) is 0 Å². The molecular weight excluding hydrogens is 238 g/mol. The Labute approximate surface area is 103 Å². The van der Waals surface area contributed by atoms with E-state index in [4.69, 9.17) is 4.74 Å². The maximum Gasteiger partial charge on any atom is 2.00 e. The molecule has 0 fully saturated rings. The molecule has 0 amide bonds. The van der Waals surface area contributed by atoms with Crippen LogP contribution in [0.2, 0.25) is 0 Å². The molecule has 0 bridgehead atoms. The fraction of sp³-hybridized carbons (Fsp3) is 0.333. The molecule has 0 atom stereocenters. The zero-order chi connectivity index (χ0) is 10.4. The first-order valence-corrected chi connectivity index (χ1v) is 4.60. The summed E-state index contributed by atoms with van der Waals surface area (Å²) in [5, 5.41) is 0. The van der Waals surface area contributed by atoms with Crippen LogP contribution in [0, 0.1) is 20.2 Å². The van der Waals surface area contributed by atoms with Crippen LogP contribution in [0.5, 0.6) is 0 Å². The second-order valence-electron chi connectivity index (χ2n) is 3.27. The molecule has 0 saturated heterocycles. The Morgan fingerprint density at radius 1 is 1.33 bits per heavy atom. The summed E-state index contributed by atoms with van der Waals surface area (Å²) in [6.45, 7) is 1.46. The fourth-order valence-electron chi connectivity index (χ4n) is 1.26. The Balaban J connectivity index is 0.00000196. The minimum absolute atomic E-state index is 0. The summed E-state index contributed by atoms with van der Waals surface area (Å²) in [5.41, 5.74) is 2.29. The van der Waals surface area contributed by atoms with E-state index >= 15 is 0 Å². The van der Waals surface area contributed by atoms with Crippen LogP contribution >= 0.6 is 0 Å². The molecular formula is C12H16CuNO-. The van der Waals surface area contributed by atoms with Gasteiger partial charge in [-0.25, -0.2) is 0 Å². The van der Waals surface area contributed by atoms with E-state index in [1.54, 1.807) is 12.0 Å². The third kappa shape index (κ3) is 5.95. The van der Waals surface area contributed by atoms with Crippen molar-refractivity contribution >= 4 is 0 Å². The van der Waals surface area contributed by atoms with Gasteiger partial charge in [-0.15, -0.1) is 0 Å². The summed E-state index contributed by atoms with van der Waals surface area (Å²) in [6.07, 6.45) is 0.901. The van der Waals surface area contributed by atoms with Crippen molar-refractivity contribution in [2.24, 2.45) is 0 Å². The number of methoxy groups -OCH3 is 1. The number of ether oxygens (including phenoxy) is 1. The van der Waals surface area contributed by atoms with Crippen LogP contribution in [0.15, 0.2) is 18.2 Å². The molecule has 0 aliphatic rings. The average Bonchev–Trinajstić information content (AvgIpc) is 2.14. The van der Waals surface area contributed by atoms with Crippen molar-refractivity contribution in [2.75, 3.05) is 13.7 Å².